The zero-order valence-corrected chi connectivity index (χ0v) is 25.3. The highest BCUT2D eigenvalue weighted by Crippen LogP contribution is 2.39. The summed E-state index contributed by atoms with van der Waals surface area (Å²) >= 11 is 0. The molecule has 7 heteroatoms. The molecule has 209 valence electrons. The Kier molecular flexibility index (Phi) is 12.2. The smallest absolute Gasteiger partial charge is 0.308 e. The number of allylic oxidation sites excluding steroid dienone is 2. The molecule has 1 radical (unpaired) electrons. The van der Waals surface area contributed by atoms with Gasteiger partial charge in [-0.25, -0.2) is 0 Å². The van der Waals surface area contributed by atoms with Crippen LogP contribution >= 0.6 is 0 Å². The fourth-order valence-corrected chi connectivity index (χ4v) is 6.09. The first-order valence-electron chi connectivity index (χ1n) is 13.7. The Morgan fingerprint density at radius 1 is 1.19 bits per heavy atom. The van der Waals surface area contributed by atoms with Gasteiger partial charge in [0.15, 0.2) is 11.5 Å². The van der Waals surface area contributed by atoms with Crippen LogP contribution in [0.3, 0.4) is 0 Å². The second kappa shape index (κ2) is 14.4. The maximum absolute atomic E-state index is 12.0. The summed E-state index contributed by atoms with van der Waals surface area (Å²) in [6, 6.07) is 6.05. The number of hydrogen-bond donors (Lipinski definition) is 1. The highest BCUT2D eigenvalue weighted by Gasteiger charge is 2.36. The number of carbonyl (C=O) groups is 1. The minimum absolute atomic E-state index is 0.00806. The zero-order valence-electron chi connectivity index (χ0n) is 24.3. The SMILES string of the molecule is CCOC(=O)CC1(O)CCCC(C=CC(CCC(O[Si](C)C)c2ccc(OC)c(OC)c2)C(C)(C)C)C1. The molecule has 0 aromatic heterocycles. The summed E-state index contributed by atoms with van der Waals surface area (Å²) in [6.45, 7) is 13.3. The molecule has 0 saturated heterocycles. The van der Waals surface area contributed by atoms with Gasteiger partial charge < -0.3 is 23.7 Å². The van der Waals surface area contributed by atoms with E-state index >= 15 is 0 Å². The third-order valence-corrected chi connectivity index (χ3v) is 8.02. The van der Waals surface area contributed by atoms with Crippen molar-refractivity contribution in [1.29, 1.82) is 0 Å². The van der Waals surface area contributed by atoms with E-state index < -0.39 is 14.6 Å². The highest BCUT2D eigenvalue weighted by atomic mass is 28.3. The van der Waals surface area contributed by atoms with Crippen molar-refractivity contribution < 1.29 is 28.5 Å². The molecular weight excluding hydrogens is 484 g/mol. The fraction of sp³-hybridized carbons (Fsp3) is 0.700. The van der Waals surface area contributed by atoms with Crippen molar-refractivity contribution >= 4 is 15.0 Å². The molecule has 1 saturated carbocycles. The summed E-state index contributed by atoms with van der Waals surface area (Å²) in [5.41, 5.74) is 0.224. The van der Waals surface area contributed by atoms with Crippen LogP contribution in [0.2, 0.25) is 13.1 Å². The summed E-state index contributed by atoms with van der Waals surface area (Å²) < 4.78 is 22.5. The second-order valence-electron chi connectivity index (χ2n) is 11.6. The molecular formula is C30H49O6Si. The van der Waals surface area contributed by atoms with Gasteiger partial charge in [0.05, 0.1) is 39.0 Å². The van der Waals surface area contributed by atoms with Crippen LogP contribution in [0.4, 0.5) is 0 Å². The van der Waals surface area contributed by atoms with Crippen molar-refractivity contribution in [2.45, 2.75) is 97.4 Å². The summed E-state index contributed by atoms with van der Waals surface area (Å²) in [6.07, 6.45) is 9.79. The van der Waals surface area contributed by atoms with E-state index in [1.54, 1.807) is 21.1 Å². The van der Waals surface area contributed by atoms with Crippen molar-refractivity contribution in [1.82, 2.24) is 0 Å². The standard InChI is InChI=1S/C30H49O6Si/c1-9-35-28(31)21-30(32)18-10-11-22(20-30)12-14-24(29(2,3)4)15-17-25(36-37(7)8)23-13-16-26(33-5)27(19-23)34-6/h12-14,16,19,22,24-25,32H,9-11,15,17-18,20-21H2,1-8H3. The molecule has 0 heterocycles. The van der Waals surface area contributed by atoms with Gasteiger partial charge in [-0.1, -0.05) is 39.0 Å². The molecule has 1 aromatic carbocycles. The number of ether oxygens (including phenoxy) is 3. The Hall–Kier alpha value is -1.83. The summed E-state index contributed by atoms with van der Waals surface area (Å²) in [4.78, 5) is 12.0. The molecule has 0 spiro atoms. The van der Waals surface area contributed by atoms with Crippen LogP contribution in [0.25, 0.3) is 0 Å². The molecule has 0 aliphatic heterocycles. The molecule has 1 aromatic rings. The van der Waals surface area contributed by atoms with E-state index in [1.807, 2.05) is 12.1 Å². The Balaban J connectivity index is 2.14. The van der Waals surface area contributed by atoms with Crippen molar-refractivity contribution in [3.8, 4) is 11.5 Å². The lowest BCUT2D eigenvalue weighted by atomic mass is 9.74. The van der Waals surface area contributed by atoms with Gasteiger partial charge in [-0.2, -0.15) is 0 Å². The van der Waals surface area contributed by atoms with E-state index in [9.17, 15) is 9.90 Å². The van der Waals surface area contributed by atoms with Crippen molar-refractivity contribution in [3.05, 3.63) is 35.9 Å². The number of hydrogen-bond acceptors (Lipinski definition) is 6. The molecule has 1 aliphatic carbocycles. The van der Waals surface area contributed by atoms with Gasteiger partial charge >= 0.3 is 5.97 Å². The van der Waals surface area contributed by atoms with Crippen molar-refractivity contribution in [2.75, 3.05) is 20.8 Å². The van der Waals surface area contributed by atoms with Gasteiger partial charge in [-0.15, -0.1) is 0 Å². The molecule has 0 bridgehead atoms. The van der Waals surface area contributed by atoms with Crippen LogP contribution in [0.1, 0.15) is 84.3 Å². The maximum Gasteiger partial charge on any atom is 0.308 e. The van der Waals surface area contributed by atoms with Crippen LogP contribution < -0.4 is 9.47 Å². The lowest BCUT2D eigenvalue weighted by Crippen LogP contribution is -2.37. The highest BCUT2D eigenvalue weighted by molar-refractivity contribution is 6.48. The van der Waals surface area contributed by atoms with Crippen LogP contribution in [-0.2, 0) is 14.0 Å². The molecule has 1 aliphatic rings. The predicted molar refractivity (Wildman–Crippen MR) is 150 cm³/mol. The predicted octanol–water partition coefficient (Wildman–Crippen LogP) is 6.89. The first-order valence-corrected chi connectivity index (χ1v) is 16.1. The lowest BCUT2D eigenvalue weighted by molar-refractivity contribution is -0.150. The third-order valence-electron chi connectivity index (χ3n) is 7.26. The number of esters is 1. The minimum Gasteiger partial charge on any atom is -0.493 e. The van der Waals surface area contributed by atoms with Crippen LogP contribution in [0, 0.1) is 17.3 Å². The number of carbonyl (C=O) groups excluding carboxylic acids is 1. The monoisotopic (exact) mass is 533 g/mol. The lowest BCUT2D eigenvalue weighted by Gasteiger charge is -2.36. The number of rotatable bonds is 13. The fourth-order valence-electron chi connectivity index (χ4n) is 5.26. The van der Waals surface area contributed by atoms with Crippen molar-refractivity contribution in [3.63, 3.8) is 0 Å². The average molecular weight is 534 g/mol. The molecule has 2 rings (SSSR count). The summed E-state index contributed by atoms with van der Waals surface area (Å²) in [5, 5.41) is 11.1. The van der Waals surface area contributed by atoms with Crippen molar-refractivity contribution in [2.24, 2.45) is 17.3 Å². The topological polar surface area (TPSA) is 74.2 Å². The Morgan fingerprint density at radius 2 is 1.89 bits per heavy atom. The molecule has 1 fully saturated rings. The van der Waals surface area contributed by atoms with Gasteiger partial charge in [0.25, 0.3) is 0 Å². The summed E-state index contributed by atoms with van der Waals surface area (Å²) in [7, 11) is 2.40. The van der Waals surface area contributed by atoms with E-state index in [4.69, 9.17) is 18.6 Å². The molecule has 1 N–H and O–H groups in total. The van der Waals surface area contributed by atoms with Crippen LogP contribution in [-0.4, -0.2) is 46.5 Å². The van der Waals surface area contributed by atoms with Gasteiger partial charge in [-0.05, 0) is 93.5 Å². The van der Waals surface area contributed by atoms with E-state index in [0.29, 0.717) is 25.4 Å². The van der Waals surface area contributed by atoms with E-state index in [-0.39, 0.29) is 29.8 Å². The largest absolute Gasteiger partial charge is 0.493 e. The molecule has 4 atom stereocenters. The molecule has 6 nitrogen and oxygen atoms in total. The normalized spacial score (nSPS) is 22.2. The zero-order chi connectivity index (χ0) is 27.6. The van der Waals surface area contributed by atoms with Gasteiger partial charge in [0.1, 0.15) is 0 Å². The number of aliphatic hydroxyl groups is 1. The maximum atomic E-state index is 12.0. The Labute approximate surface area is 226 Å². The quantitative estimate of drug-likeness (QED) is 0.169. The van der Waals surface area contributed by atoms with Gasteiger partial charge in [0.2, 0.25) is 9.04 Å². The third kappa shape index (κ3) is 10.1. The van der Waals surface area contributed by atoms with Gasteiger partial charge in [-0.3, -0.25) is 4.79 Å². The Morgan fingerprint density at radius 3 is 2.49 bits per heavy atom. The summed E-state index contributed by atoms with van der Waals surface area (Å²) in [5.74, 6) is 1.74. The molecule has 0 amide bonds. The Bertz CT molecular complexity index is 877. The molecule has 4 unspecified atom stereocenters. The van der Waals surface area contributed by atoms with E-state index in [0.717, 1.165) is 42.7 Å². The van der Waals surface area contributed by atoms with E-state index in [1.165, 1.54) is 0 Å². The van der Waals surface area contributed by atoms with E-state index in [2.05, 4.69) is 52.1 Å². The van der Waals surface area contributed by atoms with Crippen LogP contribution in [0.5, 0.6) is 11.5 Å². The second-order valence-corrected chi connectivity index (χ2v) is 13.7. The van der Waals surface area contributed by atoms with Crippen LogP contribution in [0.15, 0.2) is 30.4 Å². The first kappa shape index (κ1) is 31.4. The first-order chi connectivity index (χ1) is 17.4. The number of methoxy groups -OCH3 is 2. The van der Waals surface area contributed by atoms with Gasteiger partial charge in [0, 0.05) is 0 Å². The molecule has 37 heavy (non-hydrogen) atoms. The average Bonchev–Trinajstić information content (AvgIpc) is 2.81. The number of benzene rings is 1. The minimum atomic E-state index is -0.968.